The number of benzene rings is 2. The predicted octanol–water partition coefficient (Wildman–Crippen LogP) is 4.11. The first kappa shape index (κ1) is 19.0. The molecular formula is C22H27N3O2. The minimum Gasteiger partial charge on any atom is -0.376 e. The van der Waals surface area contributed by atoms with Crippen LogP contribution >= 0.6 is 0 Å². The molecule has 5 nitrogen and oxygen atoms in total. The lowest BCUT2D eigenvalue weighted by Crippen LogP contribution is -2.36. The molecule has 0 spiro atoms. The Kier molecular flexibility index (Phi) is 6.47. The molecule has 1 fully saturated rings. The van der Waals surface area contributed by atoms with Gasteiger partial charge in [0.05, 0.1) is 6.54 Å². The Morgan fingerprint density at radius 2 is 1.70 bits per heavy atom. The highest BCUT2D eigenvalue weighted by molar-refractivity contribution is 5.96. The lowest BCUT2D eigenvalue weighted by molar-refractivity contribution is -0.114. The standard InChI is InChI=1S/C22H27N3O2/c1-16-10-12-19(13-11-16)24-21(26)15-23-20-9-5-6-17(14-20)22(27)25-18-7-3-2-4-8-18/h5-6,9-14,18,23H,2-4,7-8,15H2,1H3,(H,24,26)(H,25,27). The molecule has 0 bridgehead atoms. The Bertz CT molecular complexity index is 780. The van der Waals surface area contributed by atoms with E-state index in [1.807, 2.05) is 43.3 Å². The lowest BCUT2D eigenvalue weighted by Gasteiger charge is -2.22. The molecule has 1 aliphatic carbocycles. The molecule has 3 rings (SSSR count). The fourth-order valence-electron chi connectivity index (χ4n) is 3.31. The summed E-state index contributed by atoms with van der Waals surface area (Å²) >= 11 is 0. The van der Waals surface area contributed by atoms with E-state index < -0.39 is 0 Å². The minimum atomic E-state index is -0.129. The van der Waals surface area contributed by atoms with Crippen LogP contribution in [0.1, 0.15) is 48.0 Å². The molecular weight excluding hydrogens is 338 g/mol. The number of carbonyl (C=O) groups is 2. The number of hydrogen-bond acceptors (Lipinski definition) is 3. The van der Waals surface area contributed by atoms with E-state index in [1.54, 1.807) is 12.1 Å². The van der Waals surface area contributed by atoms with E-state index in [1.165, 1.54) is 19.3 Å². The van der Waals surface area contributed by atoms with Crippen molar-refractivity contribution in [3.05, 3.63) is 59.7 Å². The van der Waals surface area contributed by atoms with Crippen LogP contribution in [0, 0.1) is 6.92 Å². The highest BCUT2D eigenvalue weighted by Gasteiger charge is 2.16. The largest absolute Gasteiger partial charge is 0.376 e. The zero-order valence-corrected chi connectivity index (χ0v) is 15.8. The van der Waals surface area contributed by atoms with E-state index in [2.05, 4.69) is 16.0 Å². The van der Waals surface area contributed by atoms with E-state index in [4.69, 9.17) is 0 Å². The Morgan fingerprint density at radius 3 is 2.44 bits per heavy atom. The van der Waals surface area contributed by atoms with E-state index >= 15 is 0 Å². The van der Waals surface area contributed by atoms with Crippen LogP contribution < -0.4 is 16.0 Å². The summed E-state index contributed by atoms with van der Waals surface area (Å²) in [4.78, 5) is 24.6. The van der Waals surface area contributed by atoms with Gasteiger partial charge in [0.25, 0.3) is 5.91 Å². The van der Waals surface area contributed by atoms with Crippen molar-refractivity contribution in [1.29, 1.82) is 0 Å². The molecule has 142 valence electrons. The highest BCUT2D eigenvalue weighted by Crippen LogP contribution is 2.18. The van der Waals surface area contributed by atoms with Crippen molar-refractivity contribution in [3.8, 4) is 0 Å². The Balaban J connectivity index is 1.51. The molecule has 0 heterocycles. The van der Waals surface area contributed by atoms with Crippen molar-refractivity contribution in [2.24, 2.45) is 0 Å². The van der Waals surface area contributed by atoms with Crippen molar-refractivity contribution in [2.45, 2.75) is 45.1 Å². The Morgan fingerprint density at radius 1 is 0.963 bits per heavy atom. The summed E-state index contributed by atoms with van der Waals surface area (Å²) in [6.07, 6.45) is 5.74. The second kappa shape index (κ2) is 9.21. The van der Waals surface area contributed by atoms with Crippen molar-refractivity contribution in [3.63, 3.8) is 0 Å². The fraction of sp³-hybridized carbons (Fsp3) is 0.364. The highest BCUT2D eigenvalue weighted by atomic mass is 16.2. The normalized spacial score (nSPS) is 14.4. The van der Waals surface area contributed by atoms with E-state index in [0.29, 0.717) is 5.56 Å². The van der Waals surface area contributed by atoms with Crippen LogP contribution in [0.2, 0.25) is 0 Å². The van der Waals surface area contributed by atoms with Crippen LogP contribution in [0.3, 0.4) is 0 Å². The molecule has 5 heteroatoms. The smallest absolute Gasteiger partial charge is 0.251 e. The van der Waals surface area contributed by atoms with Gasteiger partial charge in [0.2, 0.25) is 5.91 Å². The molecule has 3 N–H and O–H groups in total. The summed E-state index contributed by atoms with van der Waals surface area (Å²) in [5.41, 5.74) is 3.29. The van der Waals surface area contributed by atoms with E-state index in [9.17, 15) is 9.59 Å². The Hall–Kier alpha value is -2.82. The topological polar surface area (TPSA) is 70.2 Å². The van der Waals surface area contributed by atoms with Crippen LogP contribution in [-0.4, -0.2) is 24.4 Å². The molecule has 2 amide bonds. The average molecular weight is 365 g/mol. The molecule has 0 aliphatic heterocycles. The number of rotatable bonds is 6. The van der Waals surface area contributed by atoms with E-state index in [0.717, 1.165) is 29.8 Å². The number of anilines is 2. The second-order valence-electron chi connectivity index (χ2n) is 7.16. The fourth-order valence-corrected chi connectivity index (χ4v) is 3.31. The van der Waals surface area contributed by atoms with Gasteiger partial charge in [-0.05, 0) is 50.1 Å². The zero-order chi connectivity index (χ0) is 19.1. The first-order valence-corrected chi connectivity index (χ1v) is 9.61. The molecule has 0 atom stereocenters. The molecule has 0 radical (unpaired) electrons. The summed E-state index contributed by atoms with van der Waals surface area (Å²) < 4.78 is 0. The van der Waals surface area contributed by atoms with Crippen LogP contribution in [0.15, 0.2) is 48.5 Å². The quantitative estimate of drug-likeness (QED) is 0.721. The summed E-state index contributed by atoms with van der Waals surface area (Å²) in [6.45, 7) is 2.14. The monoisotopic (exact) mass is 365 g/mol. The zero-order valence-electron chi connectivity index (χ0n) is 15.8. The van der Waals surface area contributed by atoms with Crippen LogP contribution in [0.4, 0.5) is 11.4 Å². The third-order valence-corrected chi connectivity index (χ3v) is 4.85. The van der Waals surface area contributed by atoms with Crippen LogP contribution in [-0.2, 0) is 4.79 Å². The maximum atomic E-state index is 12.5. The van der Waals surface area contributed by atoms with Gasteiger partial charge in [0.1, 0.15) is 0 Å². The Labute approximate surface area is 160 Å². The van der Waals surface area contributed by atoms with Gasteiger partial charge in [0, 0.05) is 23.0 Å². The first-order chi connectivity index (χ1) is 13.1. The molecule has 1 saturated carbocycles. The van der Waals surface area contributed by atoms with Gasteiger partial charge in [-0.3, -0.25) is 9.59 Å². The molecule has 1 aliphatic rings. The summed E-state index contributed by atoms with van der Waals surface area (Å²) in [5.74, 6) is -0.175. The first-order valence-electron chi connectivity index (χ1n) is 9.61. The van der Waals surface area contributed by atoms with Gasteiger partial charge in [-0.2, -0.15) is 0 Å². The van der Waals surface area contributed by atoms with Gasteiger partial charge >= 0.3 is 0 Å². The third kappa shape index (κ3) is 5.84. The maximum absolute atomic E-state index is 12.5. The lowest BCUT2D eigenvalue weighted by atomic mass is 9.95. The van der Waals surface area contributed by atoms with Crippen molar-refractivity contribution in [1.82, 2.24) is 5.32 Å². The number of aryl methyl sites for hydroxylation is 1. The van der Waals surface area contributed by atoms with E-state index in [-0.39, 0.29) is 24.4 Å². The molecule has 0 aromatic heterocycles. The maximum Gasteiger partial charge on any atom is 0.251 e. The number of hydrogen-bond donors (Lipinski definition) is 3. The molecule has 27 heavy (non-hydrogen) atoms. The SMILES string of the molecule is Cc1ccc(NC(=O)CNc2cccc(C(=O)NC3CCCCC3)c2)cc1. The second-order valence-corrected chi connectivity index (χ2v) is 7.16. The number of amides is 2. The average Bonchev–Trinajstić information content (AvgIpc) is 2.69. The molecule has 0 unspecified atom stereocenters. The van der Waals surface area contributed by atoms with Crippen LogP contribution in [0.25, 0.3) is 0 Å². The van der Waals surface area contributed by atoms with Crippen molar-refractivity contribution in [2.75, 3.05) is 17.2 Å². The van der Waals surface area contributed by atoms with Gasteiger partial charge in [0.15, 0.2) is 0 Å². The number of carbonyl (C=O) groups excluding carboxylic acids is 2. The van der Waals surface area contributed by atoms with Crippen LogP contribution in [0.5, 0.6) is 0 Å². The minimum absolute atomic E-state index is 0.0466. The summed E-state index contributed by atoms with van der Waals surface area (Å²) in [5, 5.41) is 9.05. The predicted molar refractivity (Wildman–Crippen MR) is 109 cm³/mol. The molecule has 2 aromatic carbocycles. The summed E-state index contributed by atoms with van der Waals surface area (Å²) in [6, 6.07) is 15.2. The molecule has 0 saturated heterocycles. The van der Waals surface area contributed by atoms with Gasteiger partial charge in [-0.15, -0.1) is 0 Å². The number of nitrogens with one attached hydrogen (secondary N) is 3. The van der Waals surface area contributed by atoms with Gasteiger partial charge in [-0.25, -0.2) is 0 Å². The van der Waals surface area contributed by atoms with Crippen molar-refractivity contribution < 1.29 is 9.59 Å². The van der Waals surface area contributed by atoms with Crippen molar-refractivity contribution >= 4 is 23.2 Å². The third-order valence-electron chi connectivity index (χ3n) is 4.85. The van der Waals surface area contributed by atoms with Gasteiger partial charge < -0.3 is 16.0 Å². The van der Waals surface area contributed by atoms with Gasteiger partial charge in [-0.1, -0.05) is 43.0 Å². The summed E-state index contributed by atoms with van der Waals surface area (Å²) in [7, 11) is 0. The molecule has 2 aromatic rings.